The summed E-state index contributed by atoms with van der Waals surface area (Å²) in [7, 11) is -0.965. The fraction of sp³-hybridized carbons (Fsp3) is 0.391. The van der Waals surface area contributed by atoms with Crippen molar-refractivity contribution in [2.75, 3.05) is 37.9 Å². The molecule has 2 amide bonds. The van der Waals surface area contributed by atoms with Gasteiger partial charge in [-0.15, -0.1) is 0 Å². The first-order valence-corrected chi connectivity index (χ1v) is 12.8. The van der Waals surface area contributed by atoms with Crippen LogP contribution in [0.25, 0.3) is 0 Å². The van der Waals surface area contributed by atoms with Crippen molar-refractivity contribution in [3.8, 4) is 11.5 Å². The third kappa shape index (κ3) is 7.01. The fourth-order valence-electron chi connectivity index (χ4n) is 3.29. The van der Waals surface area contributed by atoms with Crippen molar-refractivity contribution in [2.24, 2.45) is 0 Å². The van der Waals surface area contributed by atoms with Gasteiger partial charge in [0.2, 0.25) is 21.8 Å². The average Bonchev–Trinajstić information content (AvgIpc) is 2.80. The molecule has 1 atom stereocenters. The van der Waals surface area contributed by atoms with Crippen molar-refractivity contribution in [3.63, 3.8) is 0 Å². The first kappa shape index (κ1) is 27.3. The van der Waals surface area contributed by atoms with Crippen LogP contribution in [0.1, 0.15) is 19.4 Å². The van der Waals surface area contributed by atoms with E-state index in [4.69, 9.17) is 21.1 Å². The van der Waals surface area contributed by atoms with E-state index in [0.29, 0.717) is 12.3 Å². The van der Waals surface area contributed by atoms with Gasteiger partial charge in [0.15, 0.2) is 0 Å². The molecule has 2 aromatic rings. The Bertz CT molecular complexity index is 1110. The minimum atomic E-state index is -3.90. The Morgan fingerprint density at radius 3 is 2.26 bits per heavy atom. The van der Waals surface area contributed by atoms with Crippen molar-refractivity contribution < 1.29 is 27.5 Å². The Morgan fingerprint density at radius 1 is 1.09 bits per heavy atom. The van der Waals surface area contributed by atoms with Crippen LogP contribution in [-0.4, -0.2) is 64.7 Å². The zero-order valence-corrected chi connectivity index (χ0v) is 21.4. The number of likely N-dealkylation sites (N-methyl/N-ethyl adjacent to an activating group) is 1. The second-order valence-corrected chi connectivity index (χ2v) is 9.87. The summed E-state index contributed by atoms with van der Waals surface area (Å²) in [6.45, 7) is 3.30. The Labute approximate surface area is 205 Å². The standard InChI is InChI=1S/C23H30ClN3O6S/c1-6-25-23(29)16(2)26(14-17-7-10-19(32-3)11-8-17)22(28)15-27(34(5,30)31)20-13-18(24)9-12-21(20)33-4/h7-13,16H,6,14-15H2,1-5H3,(H,25,29)/t16-/m1/s1. The van der Waals surface area contributed by atoms with E-state index in [9.17, 15) is 18.0 Å². The van der Waals surface area contributed by atoms with Crippen LogP contribution in [0, 0.1) is 0 Å². The molecular weight excluding hydrogens is 482 g/mol. The number of anilines is 1. The van der Waals surface area contributed by atoms with E-state index >= 15 is 0 Å². The van der Waals surface area contributed by atoms with E-state index < -0.39 is 28.5 Å². The third-order valence-electron chi connectivity index (χ3n) is 5.12. The fourth-order valence-corrected chi connectivity index (χ4v) is 4.30. The van der Waals surface area contributed by atoms with Gasteiger partial charge in [-0.25, -0.2) is 8.42 Å². The van der Waals surface area contributed by atoms with Crippen molar-refractivity contribution in [1.82, 2.24) is 10.2 Å². The SMILES string of the molecule is CCNC(=O)[C@@H](C)N(Cc1ccc(OC)cc1)C(=O)CN(c1cc(Cl)ccc1OC)S(C)(=O)=O. The topological polar surface area (TPSA) is 105 Å². The number of carbonyl (C=O) groups is 2. The van der Waals surface area contributed by atoms with Gasteiger partial charge in [0.1, 0.15) is 24.1 Å². The number of hydrogen-bond acceptors (Lipinski definition) is 6. The molecule has 11 heteroatoms. The molecule has 0 heterocycles. The van der Waals surface area contributed by atoms with Crippen LogP contribution >= 0.6 is 11.6 Å². The van der Waals surface area contributed by atoms with Gasteiger partial charge in [0.25, 0.3) is 0 Å². The smallest absolute Gasteiger partial charge is 0.244 e. The lowest BCUT2D eigenvalue weighted by molar-refractivity contribution is -0.139. The largest absolute Gasteiger partial charge is 0.497 e. The number of nitrogens with one attached hydrogen (secondary N) is 1. The monoisotopic (exact) mass is 511 g/mol. The second-order valence-electron chi connectivity index (χ2n) is 7.53. The highest BCUT2D eigenvalue weighted by molar-refractivity contribution is 7.92. The summed E-state index contributed by atoms with van der Waals surface area (Å²) in [6, 6.07) is 10.7. The Balaban J connectivity index is 2.44. The number of benzene rings is 2. The summed E-state index contributed by atoms with van der Waals surface area (Å²) in [5.41, 5.74) is 0.873. The van der Waals surface area contributed by atoms with Crippen LogP contribution in [0.15, 0.2) is 42.5 Å². The van der Waals surface area contributed by atoms with Crippen molar-refractivity contribution in [3.05, 3.63) is 53.1 Å². The second kappa shape index (κ2) is 11.9. The number of carbonyl (C=O) groups excluding carboxylic acids is 2. The molecule has 34 heavy (non-hydrogen) atoms. The Morgan fingerprint density at radius 2 is 1.74 bits per heavy atom. The highest BCUT2D eigenvalue weighted by atomic mass is 35.5. The maximum Gasteiger partial charge on any atom is 0.244 e. The first-order valence-electron chi connectivity index (χ1n) is 10.5. The molecule has 0 radical (unpaired) electrons. The van der Waals surface area contributed by atoms with Gasteiger partial charge in [0, 0.05) is 18.1 Å². The summed E-state index contributed by atoms with van der Waals surface area (Å²) in [6.07, 6.45) is 0.988. The van der Waals surface area contributed by atoms with E-state index in [-0.39, 0.29) is 28.9 Å². The van der Waals surface area contributed by atoms with Gasteiger partial charge >= 0.3 is 0 Å². The number of halogens is 1. The maximum atomic E-state index is 13.5. The molecule has 9 nitrogen and oxygen atoms in total. The van der Waals surface area contributed by atoms with Crippen molar-refractivity contribution in [2.45, 2.75) is 26.4 Å². The van der Waals surface area contributed by atoms with E-state index in [1.54, 1.807) is 51.3 Å². The lowest BCUT2D eigenvalue weighted by atomic mass is 10.1. The minimum Gasteiger partial charge on any atom is -0.497 e. The number of hydrogen-bond donors (Lipinski definition) is 1. The van der Waals surface area contributed by atoms with E-state index in [1.165, 1.54) is 24.1 Å². The molecule has 2 rings (SSSR count). The molecule has 0 aliphatic rings. The van der Waals surface area contributed by atoms with Crippen LogP contribution in [-0.2, 0) is 26.2 Å². The maximum absolute atomic E-state index is 13.5. The van der Waals surface area contributed by atoms with Gasteiger partial charge in [-0.1, -0.05) is 23.7 Å². The highest BCUT2D eigenvalue weighted by Crippen LogP contribution is 2.33. The molecule has 0 unspecified atom stereocenters. The average molecular weight is 512 g/mol. The number of methoxy groups -OCH3 is 2. The number of ether oxygens (including phenoxy) is 2. The molecule has 186 valence electrons. The van der Waals surface area contributed by atoms with Gasteiger partial charge in [0.05, 0.1) is 26.2 Å². The quantitative estimate of drug-likeness (QED) is 0.497. The van der Waals surface area contributed by atoms with Crippen molar-refractivity contribution in [1.29, 1.82) is 0 Å². The predicted molar refractivity (Wildman–Crippen MR) is 132 cm³/mol. The highest BCUT2D eigenvalue weighted by Gasteiger charge is 2.31. The van der Waals surface area contributed by atoms with Crippen LogP contribution < -0.4 is 19.1 Å². The molecule has 0 aromatic heterocycles. The number of amides is 2. The van der Waals surface area contributed by atoms with Crippen LogP contribution in [0.4, 0.5) is 5.69 Å². The summed E-state index contributed by atoms with van der Waals surface area (Å²) < 4.78 is 36.7. The van der Waals surface area contributed by atoms with Crippen LogP contribution in [0.5, 0.6) is 11.5 Å². The Kier molecular flexibility index (Phi) is 9.57. The van der Waals surface area contributed by atoms with Gasteiger partial charge in [-0.3, -0.25) is 13.9 Å². The summed E-state index contributed by atoms with van der Waals surface area (Å²) in [5, 5.41) is 2.98. The minimum absolute atomic E-state index is 0.0887. The zero-order chi connectivity index (χ0) is 25.5. The number of nitrogens with zero attached hydrogens (tertiary/aromatic N) is 2. The zero-order valence-electron chi connectivity index (χ0n) is 19.9. The molecule has 0 saturated heterocycles. The van der Waals surface area contributed by atoms with Crippen LogP contribution in [0.3, 0.4) is 0 Å². The van der Waals surface area contributed by atoms with Crippen LogP contribution in [0.2, 0.25) is 5.02 Å². The summed E-state index contributed by atoms with van der Waals surface area (Å²) in [5.74, 6) is -0.0339. The molecule has 0 fully saturated rings. The molecule has 0 saturated carbocycles. The molecule has 0 bridgehead atoms. The van der Waals surface area contributed by atoms with Gasteiger partial charge in [-0.2, -0.15) is 0 Å². The molecule has 1 N–H and O–H groups in total. The summed E-state index contributed by atoms with van der Waals surface area (Å²) in [4.78, 5) is 27.4. The first-order chi connectivity index (χ1) is 16.0. The molecular formula is C23H30ClN3O6S. The van der Waals surface area contributed by atoms with Crippen molar-refractivity contribution >= 4 is 39.1 Å². The lowest BCUT2D eigenvalue weighted by Gasteiger charge is -2.31. The third-order valence-corrected chi connectivity index (χ3v) is 6.48. The predicted octanol–water partition coefficient (Wildman–Crippen LogP) is 2.68. The number of sulfonamides is 1. The van der Waals surface area contributed by atoms with Gasteiger partial charge in [-0.05, 0) is 49.7 Å². The van der Waals surface area contributed by atoms with Gasteiger partial charge < -0.3 is 19.7 Å². The molecule has 2 aromatic carbocycles. The van der Waals surface area contributed by atoms with E-state index in [0.717, 1.165) is 16.1 Å². The molecule has 0 aliphatic heterocycles. The lowest BCUT2D eigenvalue weighted by Crippen LogP contribution is -2.51. The normalized spacial score (nSPS) is 11.9. The summed E-state index contributed by atoms with van der Waals surface area (Å²) >= 11 is 6.09. The Hall–Kier alpha value is -2.98. The van der Waals surface area contributed by atoms with E-state index in [2.05, 4.69) is 5.32 Å². The molecule has 0 aliphatic carbocycles. The molecule has 0 spiro atoms. The van der Waals surface area contributed by atoms with E-state index in [1.807, 2.05) is 0 Å². The number of rotatable bonds is 11.